The smallest absolute Gasteiger partial charge is 0.341 e. The van der Waals surface area contributed by atoms with Crippen LogP contribution in [0.1, 0.15) is 56.7 Å². The largest absolute Gasteiger partial charge is 0.504 e. The maximum absolute atomic E-state index is 12.3. The number of hydrogen-bond acceptors (Lipinski definition) is 29. The van der Waals surface area contributed by atoms with Crippen LogP contribution in [0, 0.1) is 29.6 Å². The topological polar surface area (TPSA) is 423 Å². The lowest BCUT2D eigenvalue weighted by Gasteiger charge is -2.33. The minimum absolute atomic E-state index is 0.00545. The number of hydrogen-bond donors (Lipinski definition) is 12. The molecule has 29 nitrogen and oxygen atoms in total. The summed E-state index contributed by atoms with van der Waals surface area (Å²) in [6, 6.07) is 38.9. The number of phenols is 6. The first-order valence-electron chi connectivity index (χ1n) is 35.0. The zero-order chi connectivity index (χ0) is 80.6. The van der Waals surface area contributed by atoms with Gasteiger partial charge in [-0.1, -0.05) is 48.5 Å². The number of cyclic esters (lactones) is 3. The third-order valence-corrected chi connectivity index (χ3v) is 20.2. The van der Waals surface area contributed by atoms with Crippen molar-refractivity contribution in [1.82, 2.24) is 0 Å². The van der Waals surface area contributed by atoms with Crippen LogP contribution in [0.4, 0.5) is 0 Å². The van der Waals surface area contributed by atoms with Gasteiger partial charge in [-0.15, -0.1) is 0 Å². The summed E-state index contributed by atoms with van der Waals surface area (Å²) in [5.41, 5.74) is -0.247. The summed E-state index contributed by atoms with van der Waals surface area (Å²) in [6.07, 6.45) is -1.57. The Morgan fingerprint density at radius 3 is 1.32 bits per heavy atom. The van der Waals surface area contributed by atoms with E-state index in [4.69, 9.17) is 66.3 Å². The molecule has 0 aromatic heterocycles. The fraction of sp³-hybridized carbons (Fsp3) is 0.378. The lowest BCUT2D eigenvalue weighted by Crippen LogP contribution is -2.58. The molecule has 0 amide bonds. The van der Waals surface area contributed by atoms with Crippen molar-refractivity contribution in [1.29, 1.82) is 0 Å². The number of ether oxygens (including phenoxy) is 14. The van der Waals surface area contributed by atoms with Gasteiger partial charge in [0.1, 0.15) is 12.2 Å². The van der Waals surface area contributed by atoms with Gasteiger partial charge in [-0.25, -0.2) is 9.59 Å². The summed E-state index contributed by atoms with van der Waals surface area (Å²) in [5.74, 6) is -0.179. The molecular formula is C82H94O29. The maximum atomic E-state index is 12.3. The van der Waals surface area contributed by atoms with E-state index in [1.807, 2.05) is 12.1 Å². The van der Waals surface area contributed by atoms with Crippen molar-refractivity contribution in [2.45, 2.75) is 73.8 Å². The van der Waals surface area contributed by atoms with E-state index >= 15 is 0 Å². The number of aliphatic hydroxyl groups excluding tert-OH is 3. The first kappa shape index (κ1) is 83.7. The standard InChI is InChI=1S/2C21H24O7.C20H22O8.C20H24O7/c1-25-17-7-5-13(9-19(17)27-3)8-15-12-28-20(23)21(15,24)11-14-4-6-16(22)18(10-14)26-2;1-25-17-7-5-13(10-19(17)27-3)20(23)15-11-28-21(24)14(15)8-12-4-6-16(22)18(9-12)26-2;1-26-16-7-12(3-5-14(16)21)9-19(24)11-28-18(23)20(19,25)10-13-4-6-15(22)17(8-13)27-2;1-25-17-8-11(3-5-15(17)22)7-13-14(10-21)19(27-20(13)24)12-4-6-16(23)18(9-12)26-2/h4-7,9-10,15,22,24H,8,11-12H2,1-3H3;4-7,9-10,14-15,20,22-23H,8,11H2,1-3H3;3-8,21-22,24-25H,9-11H2,1-2H3;3-6,8-9,13-14,19-24H,7,10H2,1-2H3. The van der Waals surface area contributed by atoms with Crippen LogP contribution in [0.2, 0.25) is 0 Å². The second-order valence-electron chi connectivity index (χ2n) is 26.9. The van der Waals surface area contributed by atoms with Crippen molar-refractivity contribution >= 4 is 17.9 Å². The highest BCUT2D eigenvalue weighted by atomic mass is 16.6. The van der Waals surface area contributed by atoms with Gasteiger partial charge in [-0.05, 0) is 161 Å². The van der Waals surface area contributed by atoms with Crippen LogP contribution in [0.3, 0.4) is 0 Å². The third-order valence-electron chi connectivity index (χ3n) is 20.2. The first-order valence-corrected chi connectivity index (χ1v) is 35.0. The third kappa shape index (κ3) is 18.9. The molecule has 8 aromatic carbocycles. The van der Waals surface area contributed by atoms with Crippen LogP contribution in [-0.4, -0.2) is 200 Å². The molecular weight excluding hydrogens is 1450 g/mol. The summed E-state index contributed by atoms with van der Waals surface area (Å²) < 4.78 is 72.8. The van der Waals surface area contributed by atoms with Crippen molar-refractivity contribution in [3.63, 3.8) is 0 Å². The van der Waals surface area contributed by atoms with E-state index in [0.29, 0.717) is 87.3 Å². The number of aromatic hydroxyl groups is 6. The van der Waals surface area contributed by atoms with Crippen molar-refractivity contribution in [3.8, 4) is 92.0 Å². The van der Waals surface area contributed by atoms with Crippen LogP contribution < -0.4 is 47.4 Å². The van der Waals surface area contributed by atoms with E-state index in [0.717, 1.165) is 16.7 Å². The molecule has 11 unspecified atom stereocenters. The van der Waals surface area contributed by atoms with Gasteiger partial charge < -0.3 is 128 Å². The minimum Gasteiger partial charge on any atom is -0.504 e. The fourth-order valence-electron chi connectivity index (χ4n) is 13.9. The Balaban J connectivity index is 0.000000170. The molecule has 4 aliphatic heterocycles. The number of carbonyl (C=O) groups excluding carboxylic acids is 3. The SMILES string of the molecule is COc1cc(CC2(O)C(=O)OCC2Cc2ccc(OC)c(OC)c2)ccc1O.COc1cc(CC2(O)COC(=O)C2(O)Cc2ccc(O)c(OC)c2)ccc1O.COc1cc(CC2C(=O)OCC2C(O)c2ccc(OC)c(OC)c2)ccc1O.COc1cc(CC2C(O)OC(c3ccc(O)c(OC)c3)C2CO)ccc1O. The summed E-state index contributed by atoms with van der Waals surface area (Å²) in [5, 5.41) is 123. The molecule has 0 radical (unpaired) electrons. The van der Waals surface area contributed by atoms with Crippen molar-refractivity contribution in [2.75, 3.05) is 97.5 Å². The Kier molecular flexibility index (Phi) is 27.9. The molecule has 4 aliphatic rings. The maximum Gasteiger partial charge on any atom is 0.341 e. The lowest BCUT2D eigenvalue weighted by atomic mass is 9.77. The fourth-order valence-corrected chi connectivity index (χ4v) is 13.9. The Labute approximate surface area is 640 Å². The average molecular weight is 1540 g/mol. The molecule has 111 heavy (non-hydrogen) atoms. The highest BCUT2D eigenvalue weighted by Gasteiger charge is 2.62. The highest BCUT2D eigenvalue weighted by molar-refractivity contribution is 5.84. The number of esters is 3. The summed E-state index contributed by atoms with van der Waals surface area (Å²) >= 11 is 0. The Morgan fingerprint density at radius 1 is 0.414 bits per heavy atom. The van der Waals surface area contributed by atoms with E-state index in [2.05, 4.69) is 0 Å². The number of methoxy groups -OCH3 is 10. The van der Waals surface area contributed by atoms with Crippen molar-refractivity contribution in [3.05, 3.63) is 190 Å². The summed E-state index contributed by atoms with van der Waals surface area (Å²) in [7, 11) is 14.8. The second kappa shape index (κ2) is 36.9. The van der Waals surface area contributed by atoms with Crippen molar-refractivity contribution in [2.24, 2.45) is 29.6 Å². The van der Waals surface area contributed by atoms with E-state index in [9.17, 15) is 75.7 Å². The zero-order valence-corrected chi connectivity index (χ0v) is 62.9. The van der Waals surface area contributed by atoms with Gasteiger partial charge in [-0.3, -0.25) is 4.79 Å². The Morgan fingerprint density at radius 2 is 0.820 bits per heavy atom. The number of phenolic OH excluding ortho intramolecular Hbond substituents is 6. The molecule has 0 saturated carbocycles. The zero-order valence-electron chi connectivity index (χ0n) is 62.9. The molecule has 11 atom stereocenters. The van der Waals surface area contributed by atoms with Gasteiger partial charge in [0.15, 0.2) is 109 Å². The molecule has 4 fully saturated rings. The van der Waals surface area contributed by atoms with Gasteiger partial charge in [-0.2, -0.15) is 0 Å². The number of carbonyl (C=O) groups is 3. The van der Waals surface area contributed by atoms with Crippen LogP contribution in [0.25, 0.3) is 0 Å². The van der Waals surface area contributed by atoms with Crippen LogP contribution in [0.15, 0.2) is 146 Å². The molecule has 4 saturated heterocycles. The highest BCUT2D eigenvalue weighted by Crippen LogP contribution is 2.47. The van der Waals surface area contributed by atoms with Crippen molar-refractivity contribution < 1.29 is 142 Å². The molecule has 8 aromatic rings. The minimum atomic E-state index is -2.21. The quantitative estimate of drug-likeness (QED) is 0.0184. The first-order chi connectivity index (χ1) is 53.1. The van der Waals surface area contributed by atoms with Crippen LogP contribution in [-0.2, 0) is 71.9 Å². The van der Waals surface area contributed by atoms with E-state index in [1.54, 1.807) is 100 Å². The predicted molar refractivity (Wildman–Crippen MR) is 396 cm³/mol. The van der Waals surface area contributed by atoms with Gasteiger partial charge in [0, 0.05) is 49.5 Å². The molecule has 0 spiro atoms. The molecule has 0 bridgehead atoms. The Bertz CT molecular complexity index is 4530. The molecule has 12 N–H and O–H groups in total. The van der Waals surface area contributed by atoms with E-state index in [1.165, 1.54) is 104 Å². The average Bonchev–Trinajstić information content (AvgIpc) is 1.61. The predicted octanol–water partition coefficient (Wildman–Crippen LogP) is 7.48. The number of aliphatic hydroxyl groups is 6. The van der Waals surface area contributed by atoms with Gasteiger partial charge in [0.05, 0.1) is 102 Å². The van der Waals surface area contributed by atoms with E-state index < -0.39 is 65.0 Å². The molecule has 4 heterocycles. The number of benzene rings is 8. The molecule has 12 rings (SSSR count). The lowest BCUT2D eigenvalue weighted by molar-refractivity contribution is -0.163. The normalized spacial score (nSPS) is 22.5. The molecule has 29 heteroatoms. The molecule has 0 aliphatic carbocycles. The number of rotatable bonds is 26. The second-order valence-corrected chi connectivity index (χ2v) is 26.9. The summed E-state index contributed by atoms with van der Waals surface area (Å²) in [4.78, 5) is 37.0. The van der Waals surface area contributed by atoms with Gasteiger partial charge in [0.25, 0.3) is 0 Å². The summed E-state index contributed by atoms with van der Waals surface area (Å²) in [6.45, 7) is -0.307. The van der Waals surface area contributed by atoms with E-state index in [-0.39, 0.29) is 115 Å². The molecule has 596 valence electrons. The Hall–Kier alpha value is -11.3. The van der Waals surface area contributed by atoms with Crippen LogP contribution in [0.5, 0.6) is 92.0 Å². The van der Waals surface area contributed by atoms with Gasteiger partial charge >= 0.3 is 17.9 Å². The van der Waals surface area contributed by atoms with Crippen LogP contribution >= 0.6 is 0 Å². The monoisotopic (exact) mass is 1540 g/mol. The van der Waals surface area contributed by atoms with Gasteiger partial charge in [0.2, 0.25) is 0 Å².